The molecule has 0 aliphatic rings. The highest BCUT2D eigenvalue weighted by Gasteiger charge is 2.14. The number of hydrazone groups is 1. The first-order chi connectivity index (χ1) is 13.2. The molecule has 1 aromatic heterocycles. The van der Waals surface area contributed by atoms with Crippen molar-refractivity contribution in [3.05, 3.63) is 65.2 Å². The van der Waals surface area contributed by atoms with Gasteiger partial charge in [0.1, 0.15) is 0 Å². The van der Waals surface area contributed by atoms with E-state index in [1.165, 1.54) is 11.8 Å². The molecule has 0 aliphatic carbocycles. The van der Waals surface area contributed by atoms with Crippen molar-refractivity contribution in [2.24, 2.45) is 5.10 Å². The van der Waals surface area contributed by atoms with Gasteiger partial charge in [-0.2, -0.15) is 5.10 Å². The summed E-state index contributed by atoms with van der Waals surface area (Å²) in [6, 6.07) is 17.1. The van der Waals surface area contributed by atoms with Crippen molar-refractivity contribution in [2.45, 2.75) is 18.6 Å². The van der Waals surface area contributed by atoms with Crippen LogP contribution in [0.2, 0.25) is 5.02 Å². The van der Waals surface area contributed by atoms with E-state index in [4.69, 9.17) is 11.6 Å². The number of nitrogens with zero attached hydrogens (tertiary/aromatic N) is 4. The number of hydrogen-bond acceptors (Lipinski definition) is 5. The minimum Gasteiger partial charge on any atom is -0.302 e. The van der Waals surface area contributed by atoms with E-state index in [1.54, 1.807) is 18.3 Å². The van der Waals surface area contributed by atoms with Crippen LogP contribution in [0.4, 0.5) is 0 Å². The van der Waals surface area contributed by atoms with E-state index in [-0.39, 0.29) is 11.7 Å². The zero-order valence-electron chi connectivity index (χ0n) is 14.7. The van der Waals surface area contributed by atoms with Crippen LogP contribution in [0.3, 0.4) is 0 Å². The predicted octanol–water partition coefficient (Wildman–Crippen LogP) is 3.86. The molecule has 1 heterocycles. The average Bonchev–Trinajstić information content (AvgIpc) is 3.10. The lowest BCUT2D eigenvalue weighted by Gasteiger charge is -2.06. The lowest BCUT2D eigenvalue weighted by Crippen LogP contribution is -2.20. The Morgan fingerprint density at radius 2 is 2.04 bits per heavy atom. The molecule has 3 aromatic rings. The van der Waals surface area contributed by atoms with Gasteiger partial charge in [0.2, 0.25) is 0 Å². The molecule has 0 aliphatic heterocycles. The van der Waals surface area contributed by atoms with Gasteiger partial charge < -0.3 is 4.57 Å². The van der Waals surface area contributed by atoms with E-state index in [0.717, 1.165) is 17.0 Å². The Balaban J connectivity index is 1.58. The molecule has 2 aromatic carbocycles. The quantitative estimate of drug-likeness (QED) is 0.372. The number of thioether (sulfide) groups is 1. The lowest BCUT2D eigenvalue weighted by atomic mass is 10.2. The first kappa shape index (κ1) is 19.1. The van der Waals surface area contributed by atoms with E-state index in [0.29, 0.717) is 16.7 Å². The van der Waals surface area contributed by atoms with E-state index < -0.39 is 0 Å². The molecule has 27 heavy (non-hydrogen) atoms. The summed E-state index contributed by atoms with van der Waals surface area (Å²) in [5.74, 6) is 0.768. The molecule has 0 atom stereocenters. The number of amides is 1. The summed E-state index contributed by atoms with van der Waals surface area (Å²) in [4.78, 5) is 12.0. The molecule has 0 unspecified atom stereocenters. The van der Waals surface area contributed by atoms with Gasteiger partial charge in [-0.05, 0) is 24.6 Å². The molecule has 0 saturated carbocycles. The van der Waals surface area contributed by atoms with Crippen LogP contribution in [0.15, 0.2) is 64.9 Å². The van der Waals surface area contributed by atoms with Crippen LogP contribution in [-0.2, 0) is 11.3 Å². The van der Waals surface area contributed by atoms with Crippen LogP contribution in [0, 0.1) is 0 Å². The highest BCUT2D eigenvalue weighted by Crippen LogP contribution is 2.23. The van der Waals surface area contributed by atoms with Crippen LogP contribution in [0.25, 0.3) is 11.4 Å². The second-order valence-corrected chi connectivity index (χ2v) is 6.93. The normalized spacial score (nSPS) is 11.0. The van der Waals surface area contributed by atoms with Crippen LogP contribution in [-0.4, -0.2) is 32.6 Å². The van der Waals surface area contributed by atoms with E-state index in [1.807, 2.05) is 54.0 Å². The Labute approximate surface area is 166 Å². The second-order valence-electron chi connectivity index (χ2n) is 5.55. The minimum atomic E-state index is -0.217. The van der Waals surface area contributed by atoms with Gasteiger partial charge in [0, 0.05) is 17.1 Å². The monoisotopic (exact) mass is 399 g/mol. The molecule has 3 rings (SSSR count). The summed E-state index contributed by atoms with van der Waals surface area (Å²) in [7, 11) is 0. The van der Waals surface area contributed by atoms with Gasteiger partial charge in [0.05, 0.1) is 12.0 Å². The molecule has 0 saturated heterocycles. The molecular formula is C19H18ClN5OS. The third-order valence-corrected chi connectivity index (χ3v) is 4.85. The van der Waals surface area contributed by atoms with Crippen LogP contribution >= 0.6 is 23.4 Å². The van der Waals surface area contributed by atoms with Crippen molar-refractivity contribution >= 4 is 35.5 Å². The summed E-state index contributed by atoms with van der Waals surface area (Å²) < 4.78 is 1.99. The van der Waals surface area contributed by atoms with E-state index in [9.17, 15) is 4.79 Å². The highest BCUT2D eigenvalue weighted by molar-refractivity contribution is 7.99. The molecule has 6 nitrogen and oxygen atoms in total. The standard InChI is InChI=1S/C19H18ClN5OS/c1-2-25-18(15-8-4-3-5-9-15)23-24-19(25)27-13-17(26)22-21-12-14-7-6-10-16(20)11-14/h3-12H,2,13H2,1H3,(H,22,26)/b21-12+. The Morgan fingerprint density at radius 1 is 1.22 bits per heavy atom. The Morgan fingerprint density at radius 3 is 2.78 bits per heavy atom. The highest BCUT2D eigenvalue weighted by atomic mass is 35.5. The molecule has 0 radical (unpaired) electrons. The molecule has 0 spiro atoms. The van der Waals surface area contributed by atoms with Gasteiger partial charge in [0.15, 0.2) is 11.0 Å². The van der Waals surface area contributed by atoms with Gasteiger partial charge in [-0.25, -0.2) is 5.43 Å². The van der Waals surface area contributed by atoms with Crippen LogP contribution < -0.4 is 5.43 Å². The van der Waals surface area contributed by atoms with E-state index >= 15 is 0 Å². The smallest absolute Gasteiger partial charge is 0.250 e. The summed E-state index contributed by atoms with van der Waals surface area (Å²) >= 11 is 7.24. The zero-order chi connectivity index (χ0) is 19.1. The number of hydrogen-bond donors (Lipinski definition) is 1. The van der Waals surface area contributed by atoms with Gasteiger partial charge in [-0.1, -0.05) is 65.8 Å². The lowest BCUT2D eigenvalue weighted by molar-refractivity contribution is -0.118. The largest absolute Gasteiger partial charge is 0.302 e. The Bertz CT molecular complexity index is 942. The van der Waals surface area contributed by atoms with Crippen molar-refractivity contribution in [2.75, 3.05) is 5.75 Å². The summed E-state index contributed by atoms with van der Waals surface area (Å²) in [5.41, 5.74) is 4.31. The molecule has 8 heteroatoms. The number of carbonyl (C=O) groups is 1. The van der Waals surface area contributed by atoms with Crippen LogP contribution in [0.5, 0.6) is 0 Å². The fourth-order valence-corrected chi connectivity index (χ4v) is 3.40. The SMILES string of the molecule is CCn1c(SCC(=O)N/N=C/c2cccc(Cl)c2)nnc1-c1ccccc1. The van der Waals surface area contributed by atoms with Gasteiger partial charge in [-0.15, -0.1) is 10.2 Å². The van der Waals surface area contributed by atoms with Crippen molar-refractivity contribution in [3.8, 4) is 11.4 Å². The number of nitrogens with one attached hydrogen (secondary N) is 1. The summed E-state index contributed by atoms with van der Waals surface area (Å²) in [5, 5.41) is 13.7. The fourth-order valence-electron chi connectivity index (χ4n) is 2.41. The average molecular weight is 400 g/mol. The minimum absolute atomic E-state index is 0.194. The molecule has 1 N–H and O–H groups in total. The first-order valence-corrected chi connectivity index (χ1v) is 9.72. The maximum atomic E-state index is 12.0. The number of benzene rings is 2. The Hall–Kier alpha value is -2.64. The van der Waals surface area contributed by atoms with Crippen LogP contribution in [0.1, 0.15) is 12.5 Å². The van der Waals surface area contributed by atoms with Gasteiger partial charge in [-0.3, -0.25) is 4.79 Å². The summed E-state index contributed by atoms with van der Waals surface area (Å²) in [6.45, 7) is 2.74. The fraction of sp³-hybridized carbons (Fsp3) is 0.158. The van der Waals surface area contributed by atoms with Crippen molar-refractivity contribution in [1.82, 2.24) is 20.2 Å². The number of aromatic nitrogens is 3. The molecular weight excluding hydrogens is 382 g/mol. The topological polar surface area (TPSA) is 72.2 Å². The third-order valence-electron chi connectivity index (χ3n) is 3.65. The van der Waals surface area contributed by atoms with Gasteiger partial charge in [0.25, 0.3) is 5.91 Å². The number of halogens is 1. The third kappa shape index (κ3) is 5.18. The molecule has 0 bridgehead atoms. The first-order valence-electron chi connectivity index (χ1n) is 8.36. The maximum absolute atomic E-state index is 12.0. The number of carbonyl (C=O) groups excluding carboxylic acids is 1. The molecule has 138 valence electrons. The Kier molecular flexibility index (Phi) is 6.62. The zero-order valence-corrected chi connectivity index (χ0v) is 16.2. The summed E-state index contributed by atoms with van der Waals surface area (Å²) in [6.07, 6.45) is 1.55. The number of rotatable bonds is 7. The second kappa shape index (κ2) is 9.34. The molecule has 0 fully saturated rings. The van der Waals surface area contributed by atoms with E-state index in [2.05, 4.69) is 20.7 Å². The maximum Gasteiger partial charge on any atom is 0.250 e. The van der Waals surface area contributed by atoms with Crippen molar-refractivity contribution in [3.63, 3.8) is 0 Å². The predicted molar refractivity (Wildman–Crippen MR) is 109 cm³/mol. The van der Waals surface area contributed by atoms with Crippen molar-refractivity contribution < 1.29 is 4.79 Å². The van der Waals surface area contributed by atoms with Crippen molar-refractivity contribution in [1.29, 1.82) is 0 Å². The van der Waals surface area contributed by atoms with Gasteiger partial charge >= 0.3 is 0 Å². The molecule has 1 amide bonds.